The molecule has 0 N–H and O–H groups in total. The summed E-state index contributed by atoms with van der Waals surface area (Å²) in [7, 11) is 1.48. The predicted octanol–water partition coefficient (Wildman–Crippen LogP) is 1.49. The minimum Gasteiger partial charge on any atom is -0.305 e. The van der Waals surface area contributed by atoms with Gasteiger partial charge in [-0.1, -0.05) is 13.8 Å². The van der Waals surface area contributed by atoms with Gasteiger partial charge in [0.2, 0.25) is 0 Å². The van der Waals surface area contributed by atoms with Crippen LogP contribution in [-0.4, -0.2) is 40.8 Å². The van der Waals surface area contributed by atoms with Gasteiger partial charge in [0.15, 0.2) is 0 Å². The molecule has 0 bridgehead atoms. The molecule has 1 aliphatic rings. The minimum absolute atomic E-state index is 0.429. The maximum atomic E-state index is 11.0. The van der Waals surface area contributed by atoms with E-state index >= 15 is 0 Å². The standard InChI is InChI=1S/C7H15NOS.C2H6/c1-8-5-3-4-7(6-8)10(2)9;1-2/h7H,3-6H2,1-2H3;1-2H3. The molecule has 0 spiro atoms. The molecule has 2 unspecified atom stereocenters. The van der Waals surface area contributed by atoms with E-state index in [0.717, 1.165) is 13.0 Å². The van der Waals surface area contributed by atoms with Crippen molar-refractivity contribution in [1.29, 1.82) is 0 Å². The van der Waals surface area contributed by atoms with Crippen LogP contribution in [0, 0.1) is 0 Å². The Labute approximate surface area is 78.8 Å². The average Bonchev–Trinajstić information content (AvgIpc) is 2.08. The van der Waals surface area contributed by atoms with Gasteiger partial charge in [0.05, 0.1) is 0 Å². The first-order valence-corrected chi connectivity index (χ1v) is 6.33. The third-order valence-corrected chi connectivity index (χ3v) is 3.37. The largest absolute Gasteiger partial charge is 0.305 e. The number of likely N-dealkylation sites (tertiary alicyclic amines) is 1. The molecule has 0 amide bonds. The second-order valence-electron chi connectivity index (χ2n) is 3.03. The molecule has 1 rings (SSSR count). The SMILES string of the molecule is CC.CN1CCCC(S(C)=O)C1. The number of hydrogen-bond acceptors (Lipinski definition) is 2. The highest BCUT2D eigenvalue weighted by Gasteiger charge is 2.19. The Morgan fingerprint density at radius 3 is 2.33 bits per heavy atom. The third kappa shape index (κ3) is 4.21. The van der Waals surface area contributed by atoms with Crippen LogP contribution in [-0.2, 0) is 10.8 Å². The van der Waals surface area contributed by atoms with Gasteiger partial charge in [-0.15, -0.1) is 0 Å². The number of rotatable bonds is 1. The zero-order valence-electron chi connectivity index (χ0n) is 8.67. The van der Waals surface area contributed by atoms with Crippen molar-refractivity contribution in [3.8, 4) is 0 Å². The van der Waals surface area contributed by atoms with Crippen LogP contribution >= 0.6 is 0 Å². The van der Waals surface area contributed by atoms with Crippen molar-refractivity contribution in [3.05, 3.63) is 0 Å². The van der Waals surface area contributed by atoms with Crippen molar-refractivity contribution >= 4 is 10.8 Å². The van der Waals surface area contributed by atoms with Crippen LogP contribution in [0.5, 0.6) is 0 Å². The number of piperidine rings is 1. The van der Waals surface area contributed by atoms with Crippen molar-refractivity contribution in [3.63, 3.8) is 0 Å². The fourth-order valence-electron chi connectivity index (χ4n) is 1.39. The van der Waals surface area contributed by atoms with Crippen molar-refractivity contribution in [2.45, 2.75) is 31.9 Å². The van der Waals surface area contributed by atoms with Crippen molar-refractivity contribution < 1.29 is 4.21 Å². The Morgan fingerprint density at radius 2 is 2.00 bits per heavy atom. The molecule has 74 valence electrons. The highest BCUT2D eigenvalue weighted by atomic mass is 32.2. The molecule has 0 aliphatic carbocycles. The normalized spacial score (nSPS) is 27.2. The Morgan fingerprint density at radius 1 is 1.42 bits per heavy atom. The molecule has 1 heterocycles. The lowest BCUT2D eigenvalue weighted by atomic mass is 10.1. The first kappa shape index (κ1) is 12.1. The fraction of sp³-hybridized carbons (Fsp3) is 1.00. The zero-order chi connectivity index (χ0) is 9.56. The summed E-state index contributed by atoms with van der Waals surface area (Å²) in [6.07, 6.45) is 4.16. The first-order valence-electron chi connectivity index (χ1n) is 4.71. The topological polar surface area (TPSA) is 20.3 Å². The first-order chi connectivity index (χ1) is 5.70. The van der Waals surface area contributed by atoms with E-state index in [1.807, 2.05) is 20.1 Å². The van der Waals surface area contributed by atoms with Crippen LogP contribution in [0.15, 0.2) is 0 Å². The van der Waals surface area contributed by atoms with Gasteiger partial charge in [-0.25, -0.2) is 0 Å². The quantitative estimate of drug-likeness (QED) is 0.626. The van der Waals surface area contributed by atoms with E-state index in [9.17, 15) is 4.21 Å². The van der Waals surface area contributed by atoms with Crippen LogP contribution < -0.4 is 0 Å². The summed E-state index contributed by atoms with van der Waals surface area (Å²) in [5.74, 6) is 0. The minimum atomic E-state index is -0.614. The molecule has 12 heavy (non-hydrogen) atoms. The second-order valence-corrected chi connectivity index (χ2v) is 4.69. The van der Waals surface area contributed by atoms with Gasteiger partial charge >= 0.3 is 0 Å². The average molecular weight is 191 g/mol. The van der Waals surface area contributed by atoms with Gasteiger partial charge in [-0.05, 0) is 26.4 Å². The number of nitrogens with zero attached hydrogens (tertiary/aromatic N) is 1. The van der Waals surface area contributed by atoms with E-state index in [-0.39, 0.29) is 0 Å². The maximum absolute atomic E-state index is 11.0. The summed E-state index contributed by atoms with van der Waals surface area (Å²) in [5.41, 5.74) is 0. The second kappa shape index (κ2) is 6.61. The Kier molecular flexibility index (Phi) is 6.67. The molecule has 1 fully saturated rings. The molecule has 0 aromatic carbocycles. The van der Waals surface area contributed by atoms with Gasteiger partial charge in [-0.2, -0.15) is 0 Å². The van der Waals surface area contributed by atoms with Gasteiger partial charge in [0, 0.05) is 28.9 Å². The molecule has 2 atom stereocenters. The van der Waals surface area contributed by atoms with Crippen molar-refractivity contribution in [1.82, 2.24) is 4.90 Å². The molecule has 0 aromatic rings. The fourth-order valence-corrected chi connectivity index (χ4v) is 2.35. The Hall–Kier alpha value is 0.110. The van der Waals surface area contributed by atoms with Crippen molar-refractivity contribution in [2.75, 3.05) is 26.4 Å². The van der Waals surface area contributed by atoms with E-state index in [0.29, 0.717) is 5.25 Å². The molecular weight excluding hydrogens is 170 g/mol. The third-order valence-electron chi connectivity index (χ3n) is 2.05. The van der Waals surface area contributed by atoms with Crippen LogP contribution in [0.25, 0.3) is 0 Å². The molecule has 1 aliphatic heterocycles. The zero-order valence-corrected chi connectivity index (χ0v) is 9.49. The summed E-state index contributed by atoms with van der Waals surface area (Å²) in [4.78, 5) is 2.26. The van der Waals surface area contributed by atoms with E-state index in [4.69, 9.17) is 0 Å². The summed E-state index contributed by atoms with van der Waals surface area (Å²) < 4.78 is 11.0. The molecule has 2 nitrogen and oxygen atoms in total. The van der Waals surface area contributed by atoms with Crippen LogP contribution in [0.4, 0.5) is 0 Å². The molecule has 1 saturated heterocycles. The van der Waals surface area contributed by atoms with E-state index < -0.39 is 10.8 Å². The highest BCUT2D eigenvalue weighted by molar-refractivity contribution is 7.84. The van der Waals surface area contributed by atoms with Gasteiger partial charge in [-0.3, -0.25) is 4.21 Å². The molecular formula is C9H21NOS. The number of hydrogen-bond donors (Lipinski definition) is 0. The van der Waals surface area contributed by atoms with E-state index in [1.165, 1.54) is 13.0 Å². The summed E-state index contributed by atoms with van der Waals surface area (Å²) in [5, 5.41) is 0.429. The Bertz CT molecular complexity index is 138. The van der Waals surface area contributed by atoms with Crippen LogP contribution in [0.2, 0.25) is 0 Å². The van der Waals surface area contributed by atoms with Gasteiger partial charge in [0.1, 0.15) is 0 Å². The smallest absolute Gasteiger partial charge is 0.0472 e. The van der Waals surface area contributed by atoms with Gasteiger partial charge in [0.25, 0.3) is 0 Å². The van der Waals surface area contributed by atoms with E-state index in [2.05, 4.69) is 11.9 Å². The molecule has 3 heteroatoms. The van der Waals surface area contributed by atoms with E-state index in [1.54, 1.807) is 0 Å². The summed E-state index contributed by atoms with van der Waals surface area (Å²) in [6.45, 7) is 6.19. The molecule has 0 aromatic heterocycles. The predicted molar refractivity (Wildman–Crippen MR) is 55.9 cm³/mol. The van der Waals surface area contributed by atoms with Gasteiger partial charge < -0.3 is 4.90 Å². The highest BCUT2D eigenvalue weighted by Crippen LogP contribution is 2.11. The summed E-state index contributed by atoms with van der Waals surface area (Å²) in [6, 6.07) is 0. The Balaban J connectivity index is 0.000000561. The van der Waals surface area contributed by atoms with Crippen LogP contribution in [0.3, 0.4) is 0 Å². The van der Waals surface area contributed by atoms with Crippen molar-refractivity contribution in [2.24, 2.45) is 0 Å². The lowest BCUT2D eigenvalue weighted by molar-refractivity contribution is 0.281. The molecule has 0 saturated carbocycles. The lowest BCUT2D eigenvalue weighted by Gasteiger charge is -2.27. The maximum Gasteiger partial charge on any atom is 0.0472 e. The van der Waals surface area contributed by atoms with Crippen LogP contribution in [0.1, 0.15) is 26.7 Å². The monoisotopic (exact) mass is 191 g/mol. The lowest BCUT2D eigenvalue weighted by Crippen LogP contribution is -2.37. The summed E-state index contributed by atoms with van der Waals surface area (Å²) >= 11 is 0. The molecule has 0 radical (unpaired) electrons.